The summed E-state index contributed by atoms with van der Waals surface area (Å²) in [6.45, 7) is 8.71. The zero-order valence-electron chi connectivity index (χ0n) is 16.7. The van der Waals surface area contributed by atoms with Gasteiger partial charge in [0.2, 0.25) is 0 Å². The van der Waals surface area contributed by atoms with Crippen molar-refractivity contribution in [2.75, 3.05) is 6.61 Å². The Morgan fingerprint density at radius 2 is 1.54 bits per heavy atom. The molecule has 4 rings (SSSR count). The minimum atomic E-state index is -1.00. The second-order valence-corrected chi connectivity index (χ2v) is 8.60. The molecular weight excluding hydrogens is 331 g/mol. The Morgan fingerprint density at radius 3 is 2.08 bits per heavy atom. The maximum absolute atomic E-state index is 13.0. The van der Waals surface area contributed by atoms with Gasteiger partial charge in [0.15, 0.2) is 17.9 Å². The quantitative estimate of drug-likeness (QED) is 0.597. The van der Waals surface area contributed by atoms with Gasteiger partial charge in [-0.15, -0.1) is 0 Å². The van der Waals surface area contributed by atoms with Crippen molar-refractivity contribution in [2.24, 2.45) is 11.8 Å². The Kier molecular flexibility index (Phi) is 6.20. The molecule has 3 saturated heterocycles. The average molecular weight is 362 g/mol. The van der Waals surface area contributed by atoms with Gasteiger partial charge in [0.05, 0.1) is 12.7 Å². The average Bonchev–Trinajstić information content (AvgIpc) is 3.22. The molecular formula is C19H31LiO6. The first kappa shape index (κ1) is 21.1. The van der Waals surface area contributed by atoms with E-state index in [2.05, 4.69) is 27.7 Å². The first-order chi connectivity index (χ1) is 11.9. The Labute approximate surface area is 168 Å². The van der Waals surface area contributed by atoms with Crippen LogP contribution in [0.2, 0.25) is 0 Å². The third-order valence-corrected chi connectivity index (χ3v) is 6.29. The van der Waals surface area contributed by atoms with Gasteiger partial charge in [0.1, 0.15) is 12.2 Å². The summed E-state index contributed by atoms with van der Waals surface area (Å²) < 4.78 is 30.5. The number of fused-ring (bicyclic) bond motifs is 1. The summed E-state index contributed by atoms with van der Waals surface area (Å²) >= 11 is 0. The second kappa shape index (κ2) is 7.65. The maximum Gasteiger partial charge on any atom is 1.00 e. The van der Waals surface area contributed by atoms with Crippen molar-refractivity contribution in [1.82, 2.24) is 0 Å². The summed E-state index contributed by atoms with van der Waals surface area (Å²) in [7, 11) is 0. The van der Waals surface area contributed by atoms with E-state index in [-0.39, 0.29) is 36.8 Å². The van der Waals surface area contributed by atoms with E-state index in [1.165, 1.54) is 6.42 Å². The summed E-state index contributed by atoms with van der Waals surface area (Å²) in [5.41, 5.74) is 0. The second-order valence-electron chi connectivity index (χ2n) is 8.60. The third-order valence-electron chi connectivity index (χ3n) is 6.29. The van der Waals surface area contributed by atoms with E-state index >= 15 is 0 Å². The van der Waals surface area contributed by atoms with Crippen molar-refractivity contribution in [1.29, 1.82) is 0 Å². The van der Waals surface area contributed by atoms with Gasteiger partial charge in [0, 0.05) is 24.7 Å². The van der Waals surface area contributed by atoms with Gasteiger partial charge in [-0.2, -0.15) is 0 Å². The SMILES string of the molecule is CC(C)C1(C(C)C)OC[C@H]([C@H]2O[C@@H]3OC4(CCCCC4)O[C@@H]3[C@H]2[O-])O1.[Li+]. The van der Waals surface area contributed by atoms with Crippen molar-refractivity contribution >= 4 is 0 Å². The van der Waals surface area contributed by atoms with Gasteiger partial charge in [0.25, 0.3) is 0 Å². The Bertz CT molecular complexity index is 484. The maximum atomic E-state index is 13.0. The monoisotopic (exact) mass is 362 g/mol. The zero-order valence-corrected chi connectivity index (χ0v) is 16.7. The van der Waals surface area contributed by atoms with Crippen LogP contribution in [0.1, 0.15) is 59.8 Å². The predicted molar refractivity (Wildman–Crippen MR) is 87.5 cm³/mol. The van der Waals surface area contributed by atoms with Crippen LogP contribution in [-0.4, -0.2) is 48.9 Å². The smallest absolute Gasteiger partial charge is 0.848 e. The summed E-state index contributed by atoms with van der Waals surface area (Å²) in [5, 5.41) is 13.0. The molecule has 5 atom stereocenters. The minimum absolute atomic E-state index is 0. The van der Waals surface area contributed by atoms with Crippen LogP contribution < -0.4 is 24.0 Å². The predicted octanol–water partition coefficient (Wildman–Crippen LogP) is -1.06. The molecule has 0 radical (unpaired) electrons. The van der Waals surface area contributed by atoms with E-state index in [9.17, 15) is 5.11 Å². The van der Waals surface area contributed by atoms with Crippen LogP contribution in [0.3, 0.4) is 0 Å². The van der Waals surface area contributed by atoms with Gasteiger partial charge in [-0.05, 0) is 12.8 Å². The van der Waals surface area contributed by atoms with E-state index in [0.29, 0.717) is 6.61 Å². The fourth-order valence-electron chi connectivity index (χ4n) is 4.93. The molecule has 6 nitrogen and oxygen atoms in total. The van der Waals surface area contributed by atoms with Crippen molar-refractivity contribution in [3.63, 3.8) is 0 Å². The molecule has 3 aliphatic heterocycles. The van der Waals surface area contributed by atoms with E-state index in [1.54, 1.807) is 0 Å². The topological polar surface area (TPSA) is 69.2 Å². The van der Waals surface area contributed by atoms with Crippen LogP contribution in [0.4, 0.5) is 0 Å². The van der Waals surface area contributed by atoms with Gasteiger partial charge < -0.3 is 28.8 Å². The molecule has 0 N–H and O–H groups in total. The number of hydrogen-bond acceptors (Lipinski definition) is 6. The van der Waals surface area contributed by atoms with E-state index in [0.717, 1.165) is 25.7 Å². The van der Waals surface area contributed by atoms with Crippen LogP contribution in [0.25, 0.3) is 0 Å². The Hall–Kier alpha value is 0.357. The first-order valence-electron chi connectivity index (χ1n) is 9.85. The van der Waals surface area contributed by atoms with E-state index in [1.807, 2.05) is 0 Å². The largest absolute Gasteiger partial charge is 1.00 e. The van der Waals surface area contributed by atoms with Crippen molar-refractivity contribution < 1.29 is 47.7 Å². The fourth-order valence-corrected chi connectivity index (χ4v) is 4.93. The minimum Gasteiger partial charge on any atom is -0.848 e. The molecule has 26 heavy (non-hydrogen) atoms. The Morgan fingerprint density at radius 1 is 0.885 bits per heavy atom. The molecule has 1 spiro atoms. The molecule has 7 heteroatoms. The summed E-state index contributed by atoms with van der Waals surface area (Å²) in [6.07, 6.45) is 2.00. The van der Waals surface area contributed by atoms with Gasteiger partial charge in [-0.25, -0.2) is 0 Å². The standard InChI is InChI=1S/C19H31O6.Li/c1-11(2)19(12(3)4)21-10-13(23-19)15-14(20)16-17(22-15)25-18(24-16)8-6-5-7-9-18;/h11-17H,5-10H2,1-4H3;/q-1;+1/t13-,14+,15-,16-,17-;/m1./s1. The van der Waals surface area contributed by atoms with Crippen LogP contribution in [0.5, 0.6) is 0 Å². The third kappa shape index (κ3) is 3.31. The van der Waals surface area contributed by atoms with E-state index < -0.39 is 36.2 Å². The van der Waals surface area contributed by atoms with Gasteiger partial charge in [-0.1, -0.05) is 40.2 Å². The summed E-state index contributed by atoms with van der Waals surface area (Å²) in [6, 6.07) is 0. The zero-order chi connectivity index (χ0) is 17.8. The molecule has 0 aromatic rings. The molecule has 0 amide bonds. The van der Waals surface area contributed by atoms with Crippen molar-refractivity contribution in [3.8, 4) is 0 Å². The molecule has 0 aromatic heterocycles. The normalized spacial score (nSPS) is 41.0. The van der Waals surface area contributed by atoms with Crippen LogP contribution in [0.15, 0.2) is 0 Å². The van der Waals surface area contributed by atoms with Crippen LogP contribution in [-0.2, 0) is 23.7 Å². The molecule has 144 valence electrons. The molecule has 1 saturated carbocycles. The summed E-state index contributed by atoms with van der Waals surface area (Å²) in [4.78, 5) is 0. The molecule has 4 fully saturated rings. The van der Waals surface area contributed by atoms with E-state index in [4.69, 9.17) is 23.7 Å². The molecule has 0 bridgehead atoms. The number of hydrogen-bond donors (Lipinski definition) is 0. The number of ether oxygens (including phenoxy) is 5. The summed E-state index contributed by atoms with van der Waals surface area (Å²) in [5.74, 6) is -0.853. The van der Waals surface area contributed by atoms with Gasteiger partial charge in [-0.3, -0.25) is 0 Å². The molecule has 4 aliphatic rings. The fraction of sp³-hybridized carbons (Fsp3) is 1.00. The molecule has 1 aliphatic carbocycles. The molecule has 0 aromatic carbocycles. The molecule has 3 heterocycles. The van der Waals surface area contributed by atoms with Crippen molar-refractivity contribution in [3.05, 3.63) is 0 Å². The van der Waals surface area contributed by atoms with Crippen LogP contribution >= 0.6 is 0 Å². The Balaban J connectivity index is 0.00000196. The van der Waals surface area contributed by atoms with Crippen molar-refractivity contribution in [2.45, 2.75) is 102 Å². The van der Waals surface area contributed by atoms with Crippen LogP contribution in [0, 0.1) is 11.8 Å². The first-order valence-corrected chi connectivity index (χ1v) is 9.85. The number of rotatable bonds is 3. The van der Waals surface area contributed by atoms with Gasteiger partial charge >= 0.3 is 18.9 Å². The molecule has 0 unspecified atom stereocenters.